The van der Waals surface area contributed by atoms with E-state index in [0.717, 1.165) is 49.7 Å². The lowest BCUT2D eigenvalue weighted by Crippen LogP contribution is -2.33. The molecule has 0 aliphatic carbocycles. The van der Waals surface area contributed by atoms with Crippen LogP contribution in [0, 0.1) is 0 Å². The van der Waals surface area contributed by atoms with Crippen molar-refractivity contribution in [1.29, 1.82) is 0 Å². The molecule has 0 unspecified atom stereocenters. The average molecular weight is 406 g/mol. The molecule has 156 valence electrons. The number of likely N-dealkylation sites (tertiary alicyclic amines) is 1. The molecule has 1 aliphatic heterocycles. The standard InChI is InChI=1S/C23H26N4O3/c1-29-20-7-6-16(13-21(20)30-2)15-27-11-8-17(9-12-27)19-14-22(28)26-23(25-19)18-5-3-4-10-24-18/h3-7,10,13-14,17H,8-9,11-12,15H2,1-2H3,(H,25,26,28). The molecule has 1 aliphatic rings. The van der Waals surface area contributed by atoms with Gasteiger partial charge in [-0.2, -0.15) is 0 Å². The highest BCUT2D eigenvalue weighted by molar-refractivity contribution is 5.48. The minimum atomic E-state index is -0.131. The van der Waals surface area contributed by atoms with Crippen LogP contribution in [-0.2, 0) is 6.54 Å². The first-order valence-corrected chi connectivity index (χ1v) is 10.1. The van der Waals surface area contributed by atoms with Crippen molar-refractivity contribution in [3.8, 4) is 23.0 Å². The number of hydrogen-bond donors (Lipinski definition) is 1. The molecular weight excluding hydrogens is 380 g/mol. The van der Waals surface area contributed by atoms with Gasteiger partial charge in [0.1, 0.15) is 5.69 Å². The second-order valence-electron chi connectivity index (χ2n) is 7.47. The molecule has 0 atom stereocenters. The van der Waals surface area contributed by atoms with Crippen molar-refractivity contribution < 1.29 is 9.47 Å². The average Bonchev–Trinajstić information content (AvgIpc) is 2.79. The van der Waals surface area contributed by atoms with Gasteiger partial charge in [0.15, 0.2) is 17.3 Å². The lowest BCUT2D eigenvalue weighted by atomic mass is 9.93. The third-order valence-electron chi connectivity index (χ3n) is 5.53. The maximum absolute atomic E-state index is 12.2. The molecule has 4 rings (SSSR count). The van der Waals surface area contributed by atoms with Crippen LogP contribution in [0.1, 0.15) is 30.0 Å². The largest absolute Gasteiger partial charge is 0.493 e. The normalized spacial score (nSPS) is 15.1. The number of nitrogens with one attached hydrogen (secondary N) is 1. The van der Waals surface area contributed by atoms with Crippen LogP contribution in [0.15, 0.2) is 53.5 Å². The van der Waals surface area contributed by atoms with Crippen LogP contribution in [-0.4, -0.2) is 47.2 Å². The van der Waals surface area contributed by atoms with Gasteiger partial charge in [-0.3, -0.25) is 14.7 Å². The van der Waals surface area contributed by atoms with Crippen molar-refractivity contribution in [1.82, 2.24) is 19.9 Å². The van der Waals surface area contributed by atoms with Gasteiger partial charge in [-0.15, -0.1) is 0 Å². The van der Waals surface area contributed by atoms with E-state index in [1.165, 1.54) is 5.56 Å². The molecule has 0 saturated carbocycles. The third-order valence-corrected chi connectivity index (χ3v) is 5.53. The summed E-state index contributed by atoms with van der Waals surface area (Å²) >= 11 is 0. The number of aromatic amines is 1. The van der Waals surface area contributed by atoms with Crippen LogP contribution in [0.2, 0.25) is 0 Å². The van der Waals surface area contributed by atoms with E-state index in [2.05, 4.69) is 20.9 Å². The number of rotatable bonds is 6. The maximum atomic E-state index is 12.2. The van der Waals surface area contributed by atoms with Crippen LogP contribution < -0.4 is 15.0 Å². The molecule has 3 heterocycles. The number of ether oxygens (including phenoxy) is 2. The number of piperidine rings is 1. The van der Waals surface area contributed by atoms with Crippen LogP contribution in [0.5, 0.6) is 11.5 Å². The van der Waals surface area contributed by atoms with Crippen LogP contribution in [0.4, 0.5) is 0 Å². The Kier molecular flexibility index (Phi) is 6.09. The zero-order valence-electron chi connectivity index (χ0n) is 17.3. The zero-order valence-corrected chi connectivity index (χ0v) is 17.3. The fourth-order valence-corrected chi connectivity index (χ4v) is 3.93. The van der Waals surface area contributed by atoms with E-state index in [0.29, 0.717) is 11.5 Å². The summed E-state index contributed by atoms with van der Waals surface area (Å²) < 4.78 is 10.7. The third kappa shape index (κ3) is 4.52. The van der Waals surface area contributed by atoms with E-state index >= 15 is 0 Å². The van der Waals surface area contributed by atoms with Crippen molar-refractivity contribution in [2.45, 2.75) is 25.3 Å². The topological polar surface area (TPSA) is 80.3 Å². The Bertz CT molecular complexity index is 1040. The highest BCUT2D eigenvalue weighted by Gasteiger charge is 2.23. The first-order chi connectivity index (χ1) is 14.7. The van der Waals surface area contributed by atoms with Crippen molar-refractivity contribution >= 4 is 0 Å². The second-order valence-corrected chi connectivity index (χ2v) is 7.47. The Hall–Kier alpha value is -3.19. The Morgan fingerprint density at radius 3 is 2.57 bits per heavy atom. The van der Waals surface area contributed by atoms with Crippen LogP contribution in [0.25, 0.3) is 11.5 Å². The zero-order chi connectivity index (χ0) is 20.9. The SMILES string of the molecule is COc1ccc(CN2CCC(c3cc(=O)[nH]c(-c4ccccn4)n3)CC2)cc1OC. The molecule has 30 heavy (non-hydrogen) atoms. The van der Waals surface area contributed by atoms with Gasteiger partial charge in [-0.25, -0.2) is 4.98 Å². The number of aromatic nitrogens is 3. The molecule has 7 heteroatoms. The van der Waals surface area contributed by atoms with Gasteiger partial charge in [-0.1, -0.05) is 12.1 Å². The van der Waals surface area contributed by atoms with Gasteiger partial charge in [0.05, 0.1) is 19.9 Å². The summed E-state index contributed by atoms with van der Waals surface area (Å²) in [5.74, 6) is 2.30. The molecule has 1 aromatic carbocycles. The molecule has 1 saturated heterocycles. The van der Waals surface area contributed by atoms with Crippen molar-refractivity contribution in [3.05, 3.63) is 70.3 Å². The van der Waals surface area contributed by atoms with Crippen LogP contribution in [0.3, 0.4) is 0 Å². The van der Waals surface area contributed by atoms with E-state index < -0.39 is 0 Å². The fraction of sp³-hybridized carbons (Fsp3) is 0.348. The van der Waals surface area contributed by atoms with E-state index in [1.54, 1.807) is 26.5 Å². The predicted octanol–water partition coefficient (Wildman–Crippen LogP) is 3.23. The molecule has 0 spiro atoms. The van der Waals surface area contributed by atoms with Gasteiger partial charge in [-0.05, 0) is 55.8 Å². The summed E-state index contributed by atoms with van der Waals surface area (Å²) in [4.78, 5) is 26.4. The molecule has 7 nitrogen and oxygen atoms in total. The van der Waals surface area contributed by atoms with E-state index in [-0.39, 0.29) is 11.5 Å². The number of hydrogen-bond acceptors (Lipinski definition) is 6. The molecule has 3 aromatic rings. The smallest absolute Gasteiger partial charge is 0.251 e. The molecule has 0 radical (unpaired) electrons. The Morgan fingerprint density at radius 2 is 1.87 bits per heavy atom. The van der Waals surface area contributed by atoms with E-state index in [9.17, 15) is 4.79 Å². The first-order valence-electron chi connectivity index (χ1n) is 10.1. The quantitative estimate of drug-likeness (QED) is 0.677. The van der Waals surface area contributed by atoms with E-state index in [1.807, 2.05) is 30.3 Å². The van der Waals surface area contributed by atoms with Gasteiger partial charge in [0.25, 0.3) is 5.56 Å². The lowest BCUT2D eigenvalue weighted by molar-refractivity contribution is 0.203. The van der Waals surface area contributed by atoms with Crippen molar-refractivity contribution in [2.24, 2.45) is 0 Å². The van der Waals surface area contributed by atoms with Gasteiger partial charge < -0.3 is 14.5 Å². The minimum absolute atomic E-state index is 0.131. The summed E-state index contributed by atoms with van der Waals surface area (Å²) in [7, 11) is 3.30. The number of nitrogens with zero attached hydrogens (tertiary/aromatic N) is 3. The summed E-state index contributed by atoms with van der Waals surface area (Å²) in [6.07, 6.45) is 3.63. The first kappa shape index (κ1) is 20.1. The number of H-pyrrole nitrogens is 1. The second kappa shape index (κ2) is 9.09. The summed E-state index contributed by atoms with van der Waals surface area (Å²) in [5.41, 5.74) is 2.60. The maximum Gasteiger partial charge on any atom is 0.251 e. The molecule has 0 amide bonds. The highest BCUT2D eigenvalue weighted by atomic mass is 16.5. The molecular formula is C23H26N4O3. The predicted molar refractivity (Wildman–Crippen MR) is 115 cm³/mol. The Balaban J connectivity index is 1.43. The summed E-state index contributed by atoms with van der Waals surface area (Å²) in [6.45, 7) is 2.76. The number of pyridine rings is 1. The fourth-order valence-electron chi connectivity index (χ4n) is 3.93. The van der Waals surface area contributed by atoms with E-state index in [4.69, 9.17) is 14.5 Å². The van der Waals surface area contributed by atoms with Gasteiger partial charge in [0, 0.05) is 24.7 Å². The summed E-state index contributed by atoms with van der Waals surface area (Å²) in [6, 6.07) is 13.3. The van der Waals surface area contributed by atoms with Crippen molar-refractivity contribution in [3.63, 3.8) is 0 Å². The number of methoxy groups -OCH3 is 2. The lowest BCUT2D eigenvalue weighted by Gasteiger charge is -2.31. The Labute approximate surface area is 175 Å². The summed E-state index contributed by atoms with van der Waals surface area (Å²) in [5, 5.41) is 0. The molecule has 2 aromatic heterocycles. The van der Waals surface area contributed by atoms with Gasteiger partial charge in [0.2, 0.25) is 0 Å². The van der Waals surface area contributed by atoms with Crippen LogP contribution >= 0.6 is 0 Å². The monoisotopic (exact) mass is 406 g/mol. The minimum Gasteiger partial charge on any atom is -0.493 e. The number of benzene rings is 1. The van der Waals surface area contributed by atoms with Crippen molar-refractivity contribution in [2.75, 3.05) is 27.3 Å². The Morgan fingerprint density at radius 1 is 1.07 bits per heavy atom. The molecule has 1 fully saturated rings. The molecule has 1 N–H and O–H groups in total. The highest BCUT2D eigenvalue weighted by Crippen LogP contribution is 2.30. The van der Waals surface area contributed by atoms with Gasteiger partial charge >= 0.3 is 0 Å². The molecule has 0 bridgehead atoms.